The molecule has 0 aliphatic heterocycles. The fourth-order valence-electron chi connectivity index (χ4n) is 3.03. The Morgan fingerprint density at radius 3 is 1.23 bits per heavy atom. The van der Waals surface area contributed by atoms with Crippen LogP contribution in [0.3, 0.4) is 0 Å². The summed E-state index contributed by atoms with van der Waals surface area (Å²) in [6.45, 7) is 14.3. The molecule has 0 amide bonds. The molecule has 0 bridgehead atoms. The first-order valence-electron chi connectivity index (χ1n) is 5.45. The van der Waals surface area contributed by atoms with Crippen LogP contribution in [0.1, 0.15) is 41.5 Å². The molecular weight excluding hydrogens is 196 g/mol. The highest BCUT2D eigenvalue weighted by Gasteiger charge is 2.41. The van der Waals surface area contributed by atoms with Crippen LogP contribution in [0.2, 0.25) is 22.7 Å². The van der Waals surface area contributed by atoms with Crippen molar-refractivity contribution in [3.63, 3.8) is 0 Å². The molecule has 0 atom stereocenters. The van der Waals surface area contributed by atoms with E-state index in [-0.39, 0.29) is 0 Å². The number of halogens is 1. The monoisotopic (exact) mass is 220 g/mol. The lowest BCUT2D eigenvalue weighted by atomic mass is 10.5. The molecule has 80 valence electrons. The molecule has 2 heteroatoms. The zero-order chi connectivity index (χ0) is 10.6. The van der Waals surface area contributed by atoms with E-state index in [0.29, 0.717) is 0 Å². The van der Waals surface area contributed by atoms with E-state index >= 15 is 0 Å². The third-order valence-corrected chi connectivity index (χ3v) is 11.8. The van der Waals surface area contributed by atoms with Gasteiger partial charge >= 0.3 is 0 Å². The summed E-state index contributed by atoms with van der Waals surface area (Å²) in [5.41, 5.74) is 2.56. The molecule has 0 saturated carbocycles. The van der Waals surface area contributed by atoms with Crippen molar-refractivity contribution in [1.29, 1.82) is 0 Å². The van der Waals surface area contributed by atoms with Crippen LogP contribution in [-0.4, -0.2) is 14.0 Å². The molecule has 0 N–H and O–H groups in total. The van der Waals surface area contributed by atoms with Gasteiger partial charge in [-0.15, -0.1) is 11.6 Å². The van der Waals surface area contributed by atoms with Gasteiger partial charge < -0.3 is 0 Å². The van der Waals surface area contributed by atoms with Crippen molar-refractivity contribution in [2.24, 2.45) is 0 Å². The fourth-order valence-corrected chi connectivity index (χ4v) is 10.1. The van der Waals surface area contributed by atoms with Crippen LogP contribution in [0.4, 0.5) is 0 Å². The summed E-state index contributed by atoms with van der Waals surface area (Å²) in [5.74, 6) is 0.848. The van der Waals surface area contributed by atoms with Crippen LogP contribution in [0.5, 0.6) is 0 Å². The predicted octanol–water partition coefficient (Wildman–Crippen LogP) is 4.90. The summed E-state index contributed by atoms with van der Waals surface area (Å²) in [6.07, 6.45) is 0. The summed E-state index contributed by atoms with van der Waals surface area (Å²) < 4.78 is 0. The van der Waals surface area contributed by atoms with Gasteiger partial charge in [-0.25, -0.2) is 0 Å². The zero-order valence-electron chi connectivity index (χ0n) is 10.0. The molecular formula is C11H25ClSi. The van der Waals surface area contributed by atoms with E-state index in [2.05, 4.69) is 41.5 Å². The average molecular weight is 221 g/mol. The van der Waals surface area contributed by atoms with Gasteiger partial charge in [-0.1, -0.05) is 58.2 Å². The molecule has 0 aromatic heterocycles. The molecule has 0 saturated heterocycles. The molecule has 0 aliphatic carbocycles. The number of hydrogen-bond acceptors (Lipinski definition) is 0. The molecule has 0 heterocycles. The van der Waals surface area contributed by atoms with Crippen molar-refractivity contribution in [2.75, 3.05) is 5.88 Å². The maximum absolute atomic E-state index is 5.95. The first kappa shape index (κ1) is 13.5. The normalized spacial score (nSPS) is 13.4. The number of hydrogen-bond donors (Lipinski definition) is 0. The Labute approximate surface area is 90.1 Å². The van der Waals surface area contributed by atoms with E-state index in [0.717, 1.165) is 22.5 Å². The lowest BCUT2D eigenvalue weighted by Gasteiger charge is -2.43. The molecule has 0 nitrogen and oxygen atoms in total. The van der Waals surface area contributed by atoms with Crippen LogP contribution in [-0.2, 0) is 0 Å². The third-order valence-electron chi connectivity index (χ3n) is 3.75. The largest absolute Gasteiger partial charge is 0.127 e. The van der Waals surface area contributed by atoms with Crippen LogP contribution in [0.15, 0.2) is 0 Å². The number of rotatable bonds is 5. The van der Waals surface area contributed by atoms with Crippen molar-refractivity contribution < 1.29 is 0 Å². The highest BCUT2D eigenvalue weighted by atomic mass is 35.5. The molecule has 0 radical (unpaired) electrons. The van der Waals surface area contributed by atoms with Crippen molar-refractivity contribution in [3.05, 3.63) is 0 Å². The van der Waals surface area contributed by atoms with Gasteiger partial charge in [0.1, 0.15) is 0 Å². The van der Waals surface area contributed by atoms with Gasteiger partial charge in [-0.05, 0) is 6.04 Å². The molecule has 0 unspecified atom stereocenters. The minimum Gasteiger partial charge on any atom is -0.127 e. The average Bonchev–Trinajstić information content (AvgIpc) is 1.97. The maximum atomic E-state index is 5.95. The Bertz CT molecular complexity index is 119. The maximum Gasteiger partial charge on any atom is 0.0624 e. The quantitative estimate of drug-likeness (QED) is 0.457. The van der Waals surface area contributed by atoms with E-state index in [1.54, 1.807) is 0 Å². The summed E-state index contributed by atoms with van der Waals surface area (Å²) in [6, 6.07) is 1.28. The van der Waals surface area contributed by atoms with Gasteiger partial charge in [-0.2, -0.15) is 0 Å². The molecule has 0 aromatic rings. The van der Waals surface area contributed by atoms with Crippen LogP contribution >= 0.6 is 11.6 Å². The predicted molar refractivity (Wildman–Crippen MR) is 66.6 cm³/mol. The van der Waals surface area contributed by atoms with Crippen LogP contribution in [0, 0.1) is 0 Å². The lowest BCUT2D eigenvalue weighted by molar-refractivity contribution is 0.803. The molecule has 13 heavy (non-hydrogen) atoms. The van der Waals surface area contributed by atoms with Gasteiger partial charge in [0, 0.05) is 5.88 Å². The van der Waals surface area contributed by atoms with E-state index in [1.165, 1.54) is 6.04 Å². The van der Waals surface area contributed by atoms with Crippen molar-refractivity contribution >= 4 is 19.7 Å². The minimum absolute atomic E-state index is 0.848. The smallest absolute Gasteiger partial charge is 0.0624 e. The van der Waals surface area contributed by atoms with Crippen molar-refractivity contribution in [1.82, 2.24) is 0 Å². The minimum atomic E-state index is -1.16. The van der Waals surface area contributed by atoms with Crippen LogP contribution < -0.4 is 0 Å². The second kappa shape index (κ2) is 5.40. The summed E-state index contributed by atoms with van der Waals surface area (Å²) in [4.78, 5) is 0. The van der Waals surface area contributed by atoms with E-state index in [4.69, 9.17) is 11.6 Å². The summed E-state index contributed by atoms with van der Waals surface area (Å²) in [7, 11) is -1.16. The summed E-state index contributed by atoms with van der Waals surface area (Å²) >= 11 is 5.95. The Kier molecular flexibility index (Phi) is 5.61. The van der Waals surface area contributed by atoms with Gasteiger partial charge in [0.15, 0.2) is 0 Å². The first-order valence-corrected chi connectivity index (χ1v) is 8.42. The Morgan fingerprint density at radius 2 is 1.15 bits per heavy atom. The van der Waals surface area contributed by atoms with Gasteiger partial charge in [-0.3, -0.25) is 0 Å². The van der Waals surface area contributed by atoms with Gasteiger partial charge in [0.25, 0.3) is 0 Å². The highest BCUT2D eigenvalue weighted by Crippen LogP contribution is 2.44. The third kappa shape index (κ3) is 2.73. The molecule has 0 fully saturated rings. The molecule has 0 rings (SSSR count). The van der Waals surface area contributed by atoms with Gasteiger partial charge in [0.05, 0.1) is 8.07 Å². The van der Waals surface area contributed by atoms with E-state index in [9.17, 15) is 0 Å². The number of alkyl halides is 1. The van der Waals surface area contributed by atoms with E-state index < -0.39 is 8.07 Å². The lowest BCUT2D eigenvalue weighted by Crippen LogP contribution is -2.44. The van der Waals surface area contributed by atoms with Gasteiger partial charge in [0.2, 0.25) is 0 Å². The Balaban J connectivity index is 4.82. The highest BCUT2D eigenvalue weighted by molar-refractivity contribution is 6.83. The second-order valence-corrected chi connectivity index (χ2v) is 11.6. The second-order valence-electron chi connectivity index (χ2n) is 5.02. The van der Waals surface area contributed by atoms with E-state index in [1.807, 2.05) is 0 Å². The standard InChI is InChI=1S/C11H25ClSi/c1-9(2)13(8-7-12,10(3)4)11(5)6/h9-11H,7-8H2,1-6H3. The molecule has 0 aliphatic rings. The topological polar surface area (TPSA) is 0 Å². The summed E-state index contributed by atoms with van der Waals surface area (Å²) in [5, 5.41) is 0. The Hall–Kier alpha value is 0.507. The SMILES string of the molecule is CC(C)[Si](CCCl)(C(C)C)C(C)C. The molecule has 0 spiro atoms. The van der Waals surface area contributed by atoms with Crippen molar-refractivity contribution in [2.45, 2.75) is 64.2 Å². The Morgan fingerprint density at radius 1 is 0.846 bits per heavy atom. The fraction of sp³-hybridized carbons (Fsp3) is 1.00. The molecule has 0 aromatic carbocycles. The zero-order valence-corrected chi connectivity index (χ0v) is 11.8. The van der Waals surface area contributed by atoms with Crippen LogP contribution in [0.25, 0.3) is 0 Å². The first-order chi connectivity index (χ1) is 5.89. The van der Waals surface area contributed by atoms with Crippen molar-refractivity contribution in [3.8, 4) is 0 Å².